The van der Waals surface area contributed by atoms with E-state index in [-0.39, 0.29) is 24.0 Å². The van der Waals surface area contributed by atoms with E-state index in [1.54, 1.807) is 18.0 Å². The van der Waals surface area contributed by atoms with E-state index in [0.29, 0.717) is 24.5 Å². The second-order valence-electron chi connectivity index (χ2n) is 4.97. The second-order valence-corrected chi connectivity index (χ2v) is 5.88. The molecule has 21 heavy (non-hydrogen) atoms. The van der Waals surface area contributed by atoms with Crippen LogP contribution >= 0.6 is 11.8 Å². The number of rotatable bonds is 8. The zero-order valence-corrected chi connectivity index (χ0v) is 12.6. The average molecular weight is 312 g/mol. The van der Waals surface area contributed by atoms with Crippen LogP contribution in [0.2, 0.25) is 0 Å². The molecule has 0 saturated heterocycles. The topological polar surface area (TPSA) is 111 Å². The van der Waals surface area contributed by atoms with Crippen molar-refractivity contribution in [3.8, 4) is 0 Å². The van der Waals surface area contributed by atoms with Gasteiger partial charge in [0.25, 0.3) is 5.56 Å². The van der Waals surface area contributed by atoms with Crippen molar-refractivity contribution in [2.24, 2.45) is 10.9 Å². The molecule has 0 fully saturated rings. The fourth-order valence-electron chi connectivity index (χ4n) is 2.28. The summed E-state index contributed by atoms with van der Waals surface area (Å²) in [6.45, 7) is 0.943. The Bertz CT molecular complexity index is 548. The van der Waals surface area contributed by atoms with Crippen molar-refractivity contribution in [3.05, 3.63) is 22.4 Å². The van der Waals surface area contributed by atoms with Crippen LogP contribution in [0, 0.1) is 5.92 Å². The molecule has 116 valence electrons. The maximum atomic E-state index is 11.6. The number of nitrogens with one attached hydrogen (secondary N) is 2. The molecule has 2 rings (SSSR count). The van der Waals surface area contributed by atoms with Gasteiger partial charge in [-0.15, -0.1) is 0 Å². The van der Waals surface area contributed by atoms with Crippen molar-refractivity contribution in [2.75, 3.05) is 31.7 Å². The molecule has 3 atom stereocenters. The maximum absolute atomic E-state index is 11.6. The summed E-state index contributed by atoms with van der Waals surface area (Å²) in [5.41, 5.74) is 0.824. The number of H-pyrrole nitrogens is 1. The van der Waals surface area contributed by atoms with E-state index in [4.69, 9.17) is 5.11 Å². The van der Waals surface area contributed by atoms with Crippen LogP contribution in [0.3, 0.4) is 0 Å². The molecule has 0 aromatic carbocycles. The van der Waals surface area contributed by atoms with Gasteiger partial charge in [0.2, 0.25) is 0 Å². The molecule has 1 aliphatic heterocycles. The Morgan fingerprint density at radius 2 is 2.38 bits per heavy atom. The molecule has 2 unspecified atom stereocenters. The number of aromatic amines is 1. The number of aliphatic imine (C=N–C) groups is 1. The Morgan fingerprint density at radius 1 is 1.57 bits per heavy atom. The minimum absolute atomic E-state index is 0.0186. The Morgan fingerprint density at radius 3 is 3.10 bits per heavy atom. The Hall–Kier alpha value is -1.22. The van der Waals surface area contributed by atoms with Gasteiger partial charge in [0, 0.05) is 25.2 Å². The van der Waals surface area contributed by atoms with E-state index in [0.717, 1.165) is 5.75 Å². The molecule has 0 aliphatic carbocycles. The third-order valence-corrected chi connectivity index (χ3v) is 4.24. The van der Waals surface area contributed by atoms with Gasteiger partial charge in [-0.1, -0.05) is 0 Å². The first-order chi connectivity index (χ1) is 10.2. The lowest BCUT2D eigenvalue weighted by Crippen LogP contribution is -2.37. The van der Waals surface area contributed by atoms with Crippen molar-refractivity contribution in [3.63, 3.8) is 0 Å². The molecule has 0 amide bonds. The van der Waals surface area contributed by atoms with Crippen molar-refractivity contribution in [2.45, 2.75) is 12.0 Å². The lowest BCUT2D eigenvalue weighted by atomic mass is 10.0. The summed E-state index contributed by atoms with van der Waals surface area (Å²) in [4.78, 5) is 22.3. The van der Waals surface area contributed by atoms with E-state index in [1.165, 1.54) is 6.33 Å². The molecule has 4 N–H and O–H groups in total. The normalized spacial score (nSPS) is 19.5. The number of nitrogens with zero attached hydrogens (tertiary/aromatic N) is 2. The third kappa shape index (κ3) is 3.91. The largest absolute Gasteiger partial charge is 0.394 e. The Kier molecular flexibility index (Phi) is 5.92. The van der Waals surface area contributed by atoms with Gasteiger partial charge >= 0.3 is 0 Å². The van der Waals surface area contributed by atoms with Crippen molar-refractivity contribution >= 4 is 23.7 Å². The van der Waals surface area contributed by atoms with Gasteiger partial charge < -0.3 is 20.5 Å². The number of hydrogen-bond acceptors (Lipinski definition) is 7. The van der Waals surface area contributed by atoms with Crippen LogP contribution in [0.25, 0.3) is 0 Å². The van der Waals surface area contributed by atoms with Gasteiger partial charge in [0.05, 0.1) is 30.7 Å². The molecule has 2 heterocycles. The number of thioether (sulfide) groups is 1. The molecule has 0 saturated carbocycles. The number of fused-ring (bicyclic) bond motifs is 1. The molecule has 7 nitrogen and oxygen atoms in total. The van der Waals surface area contributed by atoms with Crippen LogP contribution < -0.4 is 10.9 Å². The summed E-state index contributed by atoms with van der Waals surface area (Å²) in [6.07, 6.45) is 4.34. The summed E-state index contributed by atoms with van der Waals surface area (Å²) in [6, 6.07) is 0. The lowest BCUT2D eigenvalue weighted by Gasteiger charge is -2.21. The summed E-state index contributed by atoms with van der Waals surface area (Å²) in [5, 5.41) is 22.1. The van der Waals surface area contributed by atoms with Gasteiger partial charge in [0.15, 0.2) is 0 Å². The van der Waals surface area contributed by atoms with Gasteiger partial charge in [-0.3, -0.25) is 9.79 Å². The molecule has 8 heteroatoms. The molecule has 0 bridgehead atoms. The van der Waals surface area contributed by atoms with Gasteiger partial charge in [-0.05, 0) is 12.0 Å². The molecular weight excluding hydrogens is 292 g/mol. The van der Waals surface area contributed by atoms with E-state index < -0.39 is 6.10 Å². The van der Waals surface area contributed by atoms with Gasteiger partial charge in [-0.2, -0.15) is 11.8 Å². The van der Waals surface area contributed by atoms with Crippen LogP contribution in [-0.4, -0.2) is 64.2 Å². The molecule has 0 spiro atoms. The number of aliphatic hydroxyl groups is 2. The zero-order chi connectivity index (χ0) is 15.2. The third-order valence-electron chi connectivity index (χ3n) is 3.47. The smallest absolute Gasteiger partial charge is 0.276 e. The van der Waals surface area contributed by atoms with E-state index in [9.17, 15) is 9.90 Å². The summed E-state index contributed by atoms with van der Waals surface area (Å²) < 4.78 is 0. The summed E-state index contributed by atoms with van der Waals surface area (Å²) in [5.74, 6) is 0.709. The molecular formula is C13H20N4O3S. The van der Waals surface area contributed by atoms with Crippen molar-refractivity contribution in [1.29, 1.82) is 0 Å². The predicted molar refractivity (Wildman–Crippen MR) is 83.6 cm³/mol. The Labute approximate surface area is 126 Å². The number of aromatic nitrogens is 2. The highest BCUT2D eigenvalue weighted by atomic mass is 32.2. The zero-order valence-electron chi connectivity index (χ0n) is 11.8. The lowest BCUT2D eigenvalue weighted by molar-refractivity contribution is 0.0551. The second kappa shape index (κ2) is 7.69. The van der Waals surface area contributed by atoms with Crippen molar-refractivity contribution in [1.82, 2.24) is 15.3 Å². The van der Waals surface area contributed by atoms with Crippen LogP contribution in [0.15, 0.2) is 16.1 Å². The highest BCUT2D eigenvalue weighted by Gasteiger charge is 2.23. The van der Waals surface area contributed by atoms with Crippen LogP contribution in [0.1, 0.15) is 11.6 Å². The van der Waals surface area contributed by atoms with Gasteiger partial charge in [0.1, 0.15) is 5.69 Å². The van der Waals surface area contributed by atoms with Crippen LogP contribution in [0.4, 0.5) is 5.69 Å². The van der Waals surface area contributed by atoms with Gasteiger partial charge in [-0.25, -0.2) is 4.98 Å². The molecule has 1 aromatic rings. The first-order valence-electron chi connectivity index (χ1n) is 6.77. The minimum Gasteiger partial charge on any atom is -0.394 e. The average Bonchev–Trinajstić information content (AvgIpc) is 2.90. The van der Waals surface area contributed by atoms with Crippen LogP contribution in [-0.2, 0) is 0 Å². The predicted octanol–water partition coefficient (Wildman–Crippen LogP) is -0.509. The van der Waals surface area contributed by atoms with E-state index in [2.05, 4.69) is 20.3 Å². The van der Waals surface area contributed by atoms with Crippen molar-refractivity contribution < 1.29 is 10.2 Å². The van der Waals surface area contributed by atoms with E-state index >= 15 is 0 Å². The number of hydrogen-bond donors (Lipinski definition) is 4. The quantitative estimate of drug-likeness (QED) is 0.515. The summed E-state index contributed by atoms with van der Waals surface area (Å²) >= 11 is 1.63. The first-order valence-corrected chi connectivity index (χ1v) is 8.17. The summed E-state index contributed by atoms with van der Waals surface area (Å²) in [7, 11) is 0. The Balaban J connectivity index is 1.89. The van der Waals surface area contributed by atoms with E-state index in [1.807, 2.05) is 6.26 Å². The monoisotopic (exact) mass is 312 g/mol. The molecule has 1 aliphatic rings. The first kappa shape index (κ1) is 16.2. The standard InChI is InChI=1S/C13H20N4O3S/c1-21-6-9(10(19)5-18)3-14-2-8-4-15-12-11(8)16-7-17-13(12)20/h4,7-10,14,18-19H,2-3,5-6H2,1H3,(H,16,17,20)/t8?,9?,10-/m1/s1. The van der Waals surface area contributed by atoms with Crippen LogP contribution in [0.5, 0.6) is 0 Å². The highest BCUT2D eigenvalue weighted by molar-refractivity contribution is 7.98. The molecule has 0 radical (unpaired) electrons. The SMILES string of the molecule is CSCC(CNCC1C=Nc2c1nc[nH]c2=O)[C@H](O)CO. The maximum Gasteiger partial charge on any atom is 0.276 e. The number of aliphatic hydroxyl groups excluding tert-OH is 2. The highest BCUT2D eigenvalue weighted by Crippen LogP contribution is 2.25. The molecule has 1 aromatic heterocycles. The fourth-order valence-corrected chi connectivity index (χ4v) is 3.05. The fraction of sp³-hybridized carbons (Fsp3) is 0.615. The minimum atomic E-state index is -0.726.